The summed E-state index contributed by atoms with van der Waals surface area (Å²) in [6.45, 7) is 17.7. The highest BCUT2D eigenvalue weighted by molar-refractivity contribution is 5.78. The van der Waals surface area contributed by atoms with Gasteiger partial charge in [0.2, 0.25) is 0 Å². The number of carbonyl (C=O) groups excluding carboxylic acids is 1. The van der Waals surface area contributed by atoms with Crippen LogP contribution < -0.4 is 5.11 Å². The lowest BCUT2D eigenvalue weighted by molar-refractivity contribution is -0.219. The zero-order valence-electron chi connectivity index (χ0n) is 29.5. The summed E-state index contributed by atoms with van der Waals surface area (Å²) in [6.07, 6.45) is 18.7. The number of hydrogen-bond acceptors (Lipinski definition) is 6. The molecule has 256 valence electrons. The maximum absolute atomic E-state index is 12.7. The number of rotatable bonds is 14. The first-order chi connectivity index (χ1) is 21.6. The van der Waals surface area contributed by atoms with Gasteiger partial charge in [-0.15, -0.1) is 0 Å². The third-order valence-corrected chi connectivity index (χ3v) is 13.4. The second-order valence-electron chi connectivity index (χ2n) is 16.6. The Bertz CT molecular complexity index is 1030. The lowest BCUT2D eigenvalue weighted by atomic mass is 9.47. The van der Waals surface area contributed by atoms with Gasteiger partial charge in [-0.2, -0.15) is 0 Å². The van der Waals surface area contributed by atoms with Gasteiger partial charge in [0, 0.05) is 32.5 Å². The number of nitrogens with zero attached hydrogens (tertiary/aromatic N) is 2. The van der Waals surface area contributed by atoms with Crippen LogP contribution in [0, 0.1) is 46.3 Å². The average molecular weight is 626 g/mol. The van der Waals surface area contributed by atoms with E-state index in [1.165, 1.54) is 51.4 Å². The molecule has 5 rings (SSSR count). The highest BCUT2D eigenvalue weighted by atomic mass is 16.5. The molecular formula is C39H65N2O4-. The molecule has 0 radical (unpaired) electrons. The number of carbonyl (C=O) groups is 1. The van der Waals surface area contributed by atoms with Crippen molar-refractivity contribution < 1.29 is 19.4 Å². The van der Waals surface area contributed by atoms with Gasteiger partial charge in [-0.1, -0.05) is 65.5 Å². The van der Waals surface area contributed by atoms with Gasteiger partial charge in [0.1, 0.15) is 6.10 Å². The summed E-state index contributed by atoms with van der Waals surface area (Å²) in [7, 11) is 0. The lowest BCUT2D eigenvalue weighted by Crippen LogP contribution is -2.51. The Morgan fingerprint density at radius 1 is 1.02 bits per heavy atom. The van der Waals surface area contributed by atoms with Gasteiger partial charge in [-0.05, 0) is 123 Å². The SMILES string of the molecule is CC(C)CCCC(C)C1CCC2C3CC=C4CC(OC(=O)CCC([O-])=NCCCCN5CCOCC5)CCC4(C)C3CCC12C. The standard InChI is InChI=1S/C39H66N2O4/c1-28(2)9-8-10-29(3)33-13-14-34-32-12-11-30-27-31(17-19-38(30,4)35(32)18-20-39(33,34)5)45-37(43)16-15-36(42)40-21-6-7-22-41-23-25-44-26-24-41/h11,28-29,31-35H,6-10,12-27H2,1-5H3,(H,40,42)/p-1. The van der Waals surface area contributed by atoms with E-state index < -0.39 is 0 Å². The molecule has 0 amide bonds. The number of esters is 1. The van der Waals surface area contributed by atoms with Crippen LogP contribution in [0.2, 0.25) is 0 Å². The maximum Gasteiger partial charge on any atom is 0.306 e. The Labute approximate surface area is 275 Å². The molecule has 1 heterocycles. The molecule has 8 atom stereocenters. The summed E-state index contributed by atoms with van der Waals surface area (Å²) < 4.78 is 11.4. The van der Waals surface area contributed by atoms with E-state index in [1.54, 1.807) is 5.57 Å². The monoisotopic (exact) mass is 625 g/mol. The van der Waals surface area contributed by atoms with Gasteiger partial charge in [0.05, 0.1) is 13.2 Å². The Hall–Kier alpha value is -1.40. The van der Waals surface area contributed by atoms with Crippen LogP contribution in [0.15, 0.2) is 16.6 Å². The number of morpholine rings is 1. The molecule has 0 aromatic heterocycles. The van der Waals surface area contributed by atoms with Crippen molar-refractivity contribution in [2.75, 3.05) is 39.4 Å². The highest BCUT2D eigenvalue weighted by Crippen LogP contribution is 2.67. The van der Waals surface area contributed by atoms with Crippen molar-refractivity contribution in [3.05, 3.63) is 11.6 Å². The largest absolute Gasteiger partial charge is 0.862 e. The number of ether oxygens (including phenoxy) is 2. The molecule has 4 aliphatic carbocycles. The third-order valence-electron chi connectivity index (χ3n) is 13.4. The molecule has 0 aromatic rings. The van der Waals surface area contributed by atoms with Gasteiger partial charge in [0.25, 0.3) is 0 Å². The zero-order chi connectivity index (χ0) is 32.0. The summed E-state index contributed by atoms with van der Waals surface area (Å²) >= 11 is 0. The molecule has 1 aliphatic heterocycles. The number of aliphatic imine (C=N–C) groups is 1. The van der Waals surface area contributed by atoms with E-state index in [4.69, 9.17) is 9.47 Å². The van der Waals surface area contributed by atoms with Crippen molar-refractivity contribution in [1.29, 1.82) is 0 Å². The lowest BCUT2D eigenvalue weighted by Gasteiger charge is -2.58. The average Bonchev–Trinajstić information content (AvgIpc) is 3.37. The predicted molar refractivity (Wildman–Crippen MR) is 181 cm³/mol. The fourth-order valence-corrected chi connectivity index (χ4v) is 10.8. The first kappa shape index (κ1) is 34.9. The van der Waals surface area contributed by atoms with Crippen molar-refractivity contribution in [3.63, 3.8) is 0 Å². The van der Waals surface area contributed by atoms with Gasteiger partial charge in [0.15, 0.2) is 0 Å². The van der Waals surface area contributed by atoms with E-state index in [0.29, 0.717) is 12.0 Å². The first-order valence-electron chi connectivity index (χ1n) is 19.0. The van der Waals surface area contributed by atoms with E-state index in [9.17, 15) is 9.90 Å². The summed E-state index contributed by atoms with van der Waals surface area (Å²) in [4.78, 5) is 19.3. The molecule has 0 N–H and O–H groups in total. The van der Waals surface area contributed by atoms with Crippen molar-refractivity contribution in [1.82, 2.24) is 4.90 Å². The van der Waals surface area contributed by atoms with E-state index in [0.717, 1.165) is 100 Å². The Morgan fingerprint density at radius 2 is 1.82 bits per heavy atom. The van der Waals surface area contributed by atoms with E-state index in [2.05, 4.69) is 50.6 Å². The molecule has 45 heavy (non-hydrogen) atoms. The molecule has 4 fully saturated rings. The molecule has 8 unspecified atom stereocenters. The summed E-state index contributed by atoms with van der Waals surface area (Å²) in [5.41, 5.74) is 2.32. The van der Waals surface area contributed by atoms with E-state index >= 15 is 0 Å². The fourth-order valence-electron chi connectivity index (χ4n) is 10.8. The quantitative estimate of drug-likeness (QED) is 0.0654. The van der Waals surface area contributed by atoms with Crippen molar-refractivity contribution in [2.45, 2.75) is 137 Å². The van der Waals surface area contributed by atoms with Crippen molar-refractivity contribution >= 4 is 11.9 Å². The van der Waals surface area contributed by atoms with Crippen LogP contribution >= 0.6 is 0 Å². The van der Waals surface area contributed by atoms with Crippen LogP contribution in [-0.2, 0) is 14.3 Å². The second-order valence-corrected chi connectivity index (χ2v) is 16.6. The highest BCUT2D eigenvalue weighted by Gasteiger charge is 2.59. The fraction of sp³-hybridized carbons (Fsp3) is 0.897. The molecular weight excluding hydrogens is 560 g/mol. The van der Waals surface area contributed by atoms with Gasteiger partial charge in [-0.3, -0.25) is 9.69 Å². The molecule has 5 aliphatic rings. The maximum atomic E-state index is 12.7. The van der Waals surface area contributed by atoms with Gasteiger partial charge >= 0.3 is 5.97 Å². The minimum atomic E-state index is -0.235. The Morgan fingerprint density at radius 3 is 2.60 bits per heavy atom. The normalized spacial score (nSPS) is 36.2. The number of hydrogen-bond donors (Lipinski definition) is 0. The van der Waals surface area contributed by atoms with Crippen LogP contribution in [0.3, 0.4) is 0 Å². The molecule has 1 saturated heterocycles. The molecule has 0 spiro atoms. The van der Waals surface area contributed by atoms with Crippen molar-refractivity contribution in [3.8, 4) is 0 Å². The predicted octanol–water partition coefficient (Wildman–Crippen LogP) is 7.59. The first-order valence-corrected chi connectivity index (χ1v) is 19.0. The van der Waals surface area contributed by atoms with Crippen LogP contribution in [0.5, 0.6) is 0 Å². The minimum Gasteiger partial charge on any atom is -0.862 e. The summed E-state index contributed by atoms with van der Waals surface area (Å²) in [6, 6.07) is 0. The summed E-state index contributed by atoms with van der Waals surface area (Å²) in [5, 5.41) is 12.3. The van der Waals surface area contributed by atoms with Gasteiger partial charge < -0.3 is 19.6 Å². The molecule has 0 aromatic carbocycles. The Kier molecular flexibility index (Phi) is 12.2. The van der Waals surface area contributed by atoms with Crippen LogP contribution in [-0.4, -0.2) is 62.3 Å². The molecule has 6 nitrogen and oxygen atoms in total. The second kappa shape index (κ2) is 15.7. The van der Waals surface area contributed by atoms with E-state index in [1.807, 2.05) is 0 Å². The molecule has 0 bridgehead atoms. The van der Waals surface area contributed by atoms with Crippen LogP contribution in [0.1, 0.15) is 131 Å². The molecule has 6 heteroatoms. The van der Waals surface area contributed by atoms with Crippen LogP contribution in [0.4, 0.5) is 0 Å². The molecule has 3 saturated carbocycles. The van der Waals surface area contributed by atoms with Gasteiger partial charge in [-0.25, -0.2) is 0 Å². The topological polar surface area (TPSA) is 74.2 Å². The number of unbranched alkanes of at least 4 members (excludes halogenated alkanes) is 1. The number of allylic oxidation sites excluding steroid dienone is 1. The van der Waals surface area contributed by atoms with Crippen molar-refractivity contribution in [2.24, 2.45) is 51.3 Å². The zero-order valence-corrected chi connectivity index (χ0v) is 29.5. The third kappa shape index (κ3) is 8.37. The van der Waals surface area contributed by atoms with Crippen LogP contribution in [0.25, 0.3) is 0 Å². The smallest absolute Gasteiger partial charge is 0.306 e. The Balaban J connectivity index is 1.06. The number of fused-ring (bicyclic) bond motifs is 5. The van der Waals surface area contributed by atoms with E-state index in [-0.39, 0.29) is 36.2 Å². The summed E-state index contributed by atoms with van der Waals surface area (Å²) in [5.74, 6) is 4.61. The minimum absolute atomic E-state index is 0.0444.